The minimum Gasteiger partial charge on any atom is -0.506 e. The zero-order chi connectivity index (χ0) is 12.3. The van der Waals surface area contributed by atoms with Gasteiger partial charge in [-0.2, -0.15) is 0 Å². The second-order valence-electron chi connectivity index (χ2n) is 3.84. The molecule has 0 bridgehead atoms. The van der Waals surface area contributed by atoms with Gasteiger partial charge in [-0.05, 0) is 52.7 Å². The lowest BCUT2D eigenvalue weighted by Gasteiger charge is -2.09. The lowest BCUT2D eigenvalue weighted by Crippen LogP contribution is -2.01. The topological polar surface area (TPSA) is 45.1 Å². The molecule has 0 saturated heterocycles. The molecule has 2 rings (SSSR count). The number of nitrogens with zero attached hydrogens (tertiary/aromatic N) is 1. The molecule has 17 heavy (non-hydrogen) atoms. The molecule has 1 aromatic carbocycles. The maximum atomic E-state index is 9.13. The number of benzene rings is 1. The van der Waals surface area contributed by atoms with E-state index in [1.54, 1.807) is 12.1 Å². The van der Waals surface area contributed by atoms with Gasteiger partial charge >= 0.3 is 0 Å². The Hall–Kier alpha value is -1.55. The second kappa shape index (κ2) is 5.19. The van der Waals surface area contributed by atoms with E-state index < -0.39 is 0 Å². The third-order valence-corrected chi connectivity index (χ3v) is 3.08. The van der Waals surface area contributed by atoms with Crippen LogP contribution in [0.5, 0.6) is 5.75 Å². The van der Waals surface area contributed by atoms with Crippen molar-refractivity contribution in [3.05, 3.63) is 52.3 Å². The van der Waals surface area contributed by atoms with Crippen molar-refractivity contribution < 1.29 is 5.11 Å². The Bertz CT molecular complexity index is 511. The summed E-state index contributed by atoms with van der Waals surface area (Å²) in [4.78, 5) is 4.12. The standard InChI is InChI=1S/C13H13BrN2O/c1-9-2-5-12(14)13(6-9)16-7-10-3-4-11(17)8-15-10/h2-6,8,16-17H,7H2,1H3. The molecule has 88 valence electrons. The summed E-state index contributed by atoms with van der Waals surface area (Å²) in [6.07, 6.45) is 1.45. The van der Waals surface area contributed by atoms with Crippen LogP contribution in [0.3, 0.4) is 0 Å². The molecule has 2 aromatic rings. The number of aromatic nitrogens is 1. The van der Waals surface area contributed by atoms with Crippen LogP contribution in [-0.4, -0.2) is 10.1 Å². The summed E-state index contributed by atoms with van der Waals surface area (Å²) in [6, 6.07) is 9.57. The molecule has 0 atom stereocenters. The van der Waals surface area contributed by atoms with Crippen molar-refractivity contribution in [2.75, 3.05) is 5.32 Å². The maximum Gasteiger partial charge on any atom is 0.133 e. The Kier molecular flexibility index (Phi) is 3.64. The summed E-state index contributed by atoms with van der Waals surface area (Å²) < 4.78 is 1.03. The highest BCUT2D eigenvalue weighted by Gasteiger charge is 2.00. The van der Waals surface area contributed by atoms with Crippen molar-refractivity contribution in [3.63, 3.8) is 0 Å². The van der Waals surface area contributed by atoms with Crippen LogP contribution in [0, 0.1) is 6.92 Å². The summed E-state index contributed by atoms with van der Waals surface area (Å²) in [7, 11) is 0. The Morgan fingerprint density at radius 3 is 2.82 bits per heavy atom. The third-order valence-electron chi connectivity index (χ3n) is 2.39. The lowest BCUT2D eigenvalue weighted by atomic mass is 10.2. The fourth-order valence-electron chi connectivity index (χ4n) is 1.48. The molecule has 2 N–H and O–H groups in total. The average molecular weight is 293 g/mol. The number of anilines is 1. The zero-order valence-electron chi connectivity index (χ0n) is 9.44. The van der Waals surface area contributed by atoms with Crippen molar-refractivity contribution in [2.45, 2.75) is 13.5 Å². The smallest absolute Gasteiger partial charge is 0.133 e. The Labute approximate surface area is 109 Å². The van der Waals surface area contributed by atoms with Crippen molar-refractivity contribution in [2.24, 2.45) is 0 Å². The predicted octanol–water partition coefficient (Wildman–Crippen LogP) is 3.47. The first-order valence-corrected chi connectivity index (χ1v) is 6.08. The average Bonchev–Trinajstić information content (AvgIpc) is 2.32. The number of aryl methyl sites for hydroxylation is 1. The molecule has 0 unspecified atom stereocenters. The molecule has 0 fully saturated rings. The minimum atomic E-state index is 0.186. The number of hydrogen-bond donors (Lipinski definition) is 2. The van der Waals surface area contributed by atoms with Crippen molar-refractivity contribution >= 4 is 21.6 Å². The fourth-order valence-corrected chi connectivity index (χ4v) is 1.87. The molecule has 0 aliphatic carbocycles. The number of aromatic hydroxyl groups is 1. The Balaban J connectivity index is 2.07. The summed E-state index contributed by atoms with van der Waals surface area (Å²) in [6.45, 7) is 2.68. The van der Waals surface area contributed by atoms with Crippen LogP contribution in [0.2, 0.25) is 0 Å². The molecule has 1 heterocycles. The molecule has 0 saturated carbocycles. The van der Waals surface area contributed by atoms with Crippen molar-refractivity contribution in [1.29, 1.82) is 0 Å². The summed E-state index contributed by atoms with van der Waals surface area (Å²) in [5, 5.41) is 12.4. The second-order valence-corrected chi connectivity index (χ2v) is 4.70. The van der Waals surface area contributed by atoms with Gasteiger partial charge in [0.1, 0.15) is 5.75 Å². The van der Waals surface area contributed by atoms with E-state index >= 15 is 0 Å². The van der Waals surface area contributed by atoms with Gasteiger partial charge in [0.2, 0.25) is 0 Å². The molecule has 0 aliphatic rings. The van der Waals surface area contributed by atoms with E-state index in [9.17, 15) is 0 Å². The van der Waals surface area contributed by atoms with Gasteiger partial charge in [0, 0.05) is 10.2 Å². The van der Waals surface area contributed by atoms with E-state index in [1.165, 1.54) is 11.8 Å². The largest absolute Gasteiger partial charge is 0.506 e. The van der Waals surface area contributed by atoms with Gasteiger partial charge in [-0.1, -0.05) is 6.07 Å². The van der Waals surface area contributed by atoms with Crippen LogP contribution in [-0.2, 0) is 6.54 Å². The molecule has 0 spiro atoms. The van der Waals surface area contributed by atoms with Gasteiger partial charge in [-0.25, -0.2) is 0 Å². The third kappa shape index (κ3) is 3.20. The Morgan fingerprint density at radius 1 is 1.29 bits per heavy atom. The van der Waals surface area contributed by atoms with Gasteiger partial charge in [0.15, 0.2) is 0 Å². The molecular formula is C13H13BrN2O. The first-order valence-electron chi connectivity index (χ1n) is 5.29. The van der Waals surface area contributed by atoms with Crippen LogP contribution < -0.4 is 5.32 Å². The van der Waals surface area contributed by atoms with Gasteiger partial charge in [-0.3, -0.25) is 4.98 Å². The van der Waals surface area contributed by atoms with Crippen LogP contribution in [0.15, 0.2) is 41.0 Å². The summed E-state index contributed by atoms with van der Waals surface area (Å²) >= 11 is 3.49. The van der Waals surface area contributed by atoms with Crippen molar-refractivity contribution in [3.8, 4) is 5.75 Å². The molecule has 3 nitrogen and oxygen atoms in total. The van der Waals surface area contributed by atoms with E-state index in [2.05, 4.69) is 39.2 Å². The lowest BCUT2D eigenvalue weighted by molar-refractivity contribution is 0.472. The van der Waals surface area contributed by atoms with E-state index in [-0.39, 0.29) is 5.75 Å². The van der Waals surface area contributed by atoms with E-state index in [0.29, 0.717) is 6.54 Å². The quantitative estimate of drug-likeness (QED) is 0.910. The van der Waals surface area contributed by atoms with Gasteiger partial charge < -0.3 is 10.4 Å². The van der Waals surface area contributed by atoms with Crippen LogP contribution >= 0.6 is 15.9 Å². The monoisotopic (exact) mass is 292 g/mol. The van der Waals surface area contributed by atoms with Gasteiger partial charge in [-0.15, -0.1) is 0 Å². The van der Waals surface area contributed by atoms with E-state index in [4.69, 9.17) is 5.11 Å². The van der Waals surface area contributed by atoms with Gasteiger partial charge in [0.25, 0.3) is 0 Å². The number of pyridine rings is 1. The zero-order valence-corrected chi connectivity index (χ0v) is 11.0. The number of halogens is 1. The molecule has 0 aliphatic heterocycles. The highest BCUT2D eigenvalue weighted by atomic mass is 79.9. The molecule has 1 aromatic heterocycles. The maximum absolute atomic E-state index is 9.13. The van der Waals surface area contributed by atoms with Crippen LogP contribution in [0.25, 0.3) is 0 Å². The van der Waals surface area contributed by atoms with E-state index in [1.807, 2.05) is 12.1 Å². The van der Waals surface area contributed by atoms with E-state index in [0.717, 1.165) is 15.9 Å². The highest BCUT2D eigenvalue weighted by molar-refractivity contribution is 9.10. The summed E-state index contributed by atoms with van der Waals surface area (Å²) in [5.74, 6) is 0.186. The number of hydrogen-bond acceptors (Lipinski definition) is 3. The predicted molar refractivity (Wildman–Crippen MR) is 72.1 cm³/mol. The first-order chi connectivity index (χ1) is 8.15. The molecular weight excluding hydrogens is 280 g/mol. The molecule has 4 heteroatoms. The highest BCUT2D eigenvalue weighted by Crippen LogP contribution is 2.23. The number of nitrogens with one attached hydrogen (secondary N) is 1. The van der Waals surface area contributed by atoms with Gasteiger partial charge in [0.05, 0.1) is 18.4 Å². The normalized spacial score (nSPS) is 10.2. The van der Waals surface area contributed by atoms with Crippen molar-refractivity contribution in [1.82, 2.24) is 4.98 Å². The Morgan fingerprint density at radius 2 is 2.12 bits per heavy atom. The summed E-state index contributed by atoms with van der Waals surface area (Å²) in [5.41, 5.74) is 3.13. The van der Waals surface area contributed by atoms with Crippen LogP contribution in [0.1, 0.15) is 11.3 Å². The number of rotatable bonds is 3. The fraction of sp³-hybridized carbons (Fsp3) is 0.154. The SMILES string of the molecule is Cc1ccc(Br)c(NCc2ccc(O)cn2)c1. The molecule has 0 amide bonds. The van der Waals surface area contributed by atoms with Crippen LogP contribution in [0.4, 0.5) is 5.69 Å². The minimum absolute atomic E-state index is 0.186. The first kappa shape index (κ1) is 11.9. The molecule has 0 radical (unpaired) electrons.